The molecule has 2 aliphatic carbocycles. The van der Waals surface area contributed by atoms with Crippen LogP contribution in [-0.4, -0.2) is 0 Å². The van der Waals surface area contributed by atoms with Crippen molar-refractivity contribution in [3.8, 4) is 0 Å². The summed E-state index contributed by atoms with van der Waals surface area (Å²) in [5, 5.41) is 0. The topological polar surface area (TPSA) is 0 Å². The first kappa shape index (κ1) is 23.7. The summed E-state index contributed by atoms with van der Waals surface area (Å²) < 4.78 is 0. The van der Waals surface area contributed by atoms with Gasteiger partial charge in [0.25, 0.3) is 0 Å². The predicted molar refractivity (Wildman–Crippen MR) is 79.1 cm³/mol. The van der Waals surface area contributed by atoms with E-state index in [1.54, 1.807) is 5.57 Å². The van der Waals surface area contributed by atoms with Gasteiger partial charge in [-0.3, -0.25) is 6.08 Å². The van der Waals surface area contributed by atoms with E-state index in [0.717, 1.165) is 6.42 Å². The maximum Gasteiger partial charge on any atom is 3.00 e. The van der Waals surface area contributed by atoms with Crippen LogP contribution < -0.4 is 24.8 Å². The molecule has 0 N–H and O–H groups in total. The normalized spacial score (nSPS) is 20.0. The maximum absolute atomic E-state index is 3.68. The quantitative estimate of drug-likeness (QED) is 0.550. The summed E-state index contributed by atoms with van der Waals surface area (Å²) in [7, 11) is 0. The molecule has 3 heteroatoms. The number of halogens is 2. The molecule has 115 valence electrons. The molecule has 0 aromatic carbocycles. The zero-order chi connectivity index (χ0) is 13.3. The molecule has 0 aromatic rings. The van der Waals surface area contributed by atoms with Crippen LogP contribution in [0.1, 0.15) is 53.9 Å². The molecule has 1 unspecified atom stereocenters. The second-order valence-corrected chi connectivity index (χ2v) is 6.29. The van der Waals surface area contributed by atoms with E-state index in [9.17, 15) is 0 Å². The Balaban J connectivity index is 0. The van der Waals surface area contributed by atoms with E-state index >= 15 is 0 Å². The summed E-state index contributed by atoms with van der Waals surface area (Å²) >= 11 is 0. The van der Waals surface area contributed by atoms with E-state index in [0.29, 0.717) is 5.92 Å². The number of allylic oxidation sites excluding steroid dienone is 8. The van der Waals surface area contributed by atoms with Crippen LogP contribution >= 0.6 is 0 Å². The van der Waals surface area contributed by atoms with Gasteiger partial charge >= 0.3 is 26.2 Å². The summed E-state index contributed by atoms with van der Waals surface area (Å²) in [6.45, 7) is 11.4. The Morgan fingerprint density at radius 3 is 2.29 bits per heavy atom. The van der Waals surface area contributed by atoms with Gasteiger partial charge in [0.15, 0.2) is 0 Å². The van der Waals surface area contributed by atoms with Crippen LogP contribution in [0.15, 0.2) is 40.5 Å². The number of hydrogen-bond donors (Lipinski definition) is 0. The van der Waals surface area contributed by atoms with Gasteiger partial charge < -0.3 is 24.8 Å². The summed E-state index contributed by atoms with van der Waals surface area (Å²) in [4.78, 5) is 0. The first-order valence-electron chi connectivity index (χ1n) is 7.09. The molecule has 0 heterocycles. The monoisotopic (exact) mass is 401 g/mol. The van der Waals surface area contributed by atoms with Gasteiger partial charge in [-0.05, 0) is 18.8 Å². The molecule has 0 spiro atoms. The molecule has 0 amide bonds. The summed E-state index contributed by atoms with van der Waals surface area (Å²) in [5.41, 5.74) is 6.16. The van der Waals surface area contributed by atoms with Crippen LogP contribution in [0.4, 0.5) is 0 Å². The zero-order valence-electron chi connectivity index (χ0n) is 13.7. The van der Waals surface area contributed by atoms with Gasteiger partial charge in [-0.1, -0.05) is 63.3 Å². The van der Waals surface area contributed by atoms with E-state index in [1.165, 1.54) is 29.6 Å². The first-order chi connectivity index (χ1) is 8.42. The van der Waals surface area contributed by atoms with Crippen molar-refractivity contribution in [2.45, 2.75) is 53.9 Å². The van der Waals surface area contributed by atoms with Gasteiger partial charge in [-0.2, -0.15) is 11.1 Å². The van der Waals surface area contributed by atoms with Crippen molar-refractivity contribution < 1.29 is 51.0 Å². The third-order valence-corrected chi connectivity index (χ3v) is 4.68. The molecule has 0 aliphatic heterocycles. The third kappa shape index (κ3) is 5.52. The van der Waals surface area contributed by atoms with Crippen molar-refractivity contribution in [1.29, 1.82) is 0 Å². The first-order valence-corrected chi connectivity index (χ1v) is 7.09. The Hall–Kier alpha value is 0.423. The second-order valence-electron chi connectivity index (χ2n) is 6.29. The van der Waals surface area contributed by atoms with Gasteiger partial charge in [-0.25, -0.2) is 5.57 Å². The smallest absolute Gasteiger partial charge is 1.00 e. The van der Waals surface area contributed by atoms with E-state index in [1.807, 2.05) is 0 Å². The molecule has 1 atom stereocenters. The van der Waals surface area contributed by atoms with E-state index in [-0.39, 0.29) is 56.4 Å². The average molecular weight is 404 g/mol. The van der Waals surface area contributed by atoms with Crippen LogP contribution in [0.2, 0.25) is 0 Å². The third-order valence-electron chi connectivity index (χ3n) is 4.68. The molecule has 0 saturated heterocycles. The van der Waals surface area contributed by atoms with Crippen LogP contribution in [-0.2, 0) is 26.2 Å². The van der Waals surface area contributed by atoms with Crippen molar-refractivity contribution in [3.05, 3.63) is 46.6 Å². The van der Waals surface area contributed by atoms with E-state index in [4.69, 9.17) is 0 Å². The molecular formula is C18H25Cl2Zr. The Bertz CT molecular complexity index is 468. The van der Waals surface area contributed by atoms with Gasteiger partial charge in [0.05, 0.1) is 0 Å². The maximum atomic E-state index is 3.68. The molecule has 2 rings (SSSR count). The number of hydrogen-bond acceptors (Lipinski definition) is 0. The van der Waals surface area contributed by atoms with Crippen molar-refractivity contribution in [3.63, 3.8) is 0 Å². The van der Waals surface area contributed by atoms with Crippen LogP contribution in [0.5, 0.6) is 0 Å². The minimum absolute atomic E-state index is 0. The zero-order valence-corrected chi connectivity index (χ0v) is 17.7. The second kappa shape index (κ2) is 9.54. The fourth-order valence-corrected chi connectivity index (χ4v) is 2.89. The summed E-state index contributed by atoms with van der Waals surface area (Å²) in [6, 6.07) is 0. The van der Waals surface area contributed by atoms with Crippen molar-refractivity contribution in [2.75, 3.05) is 0 Å². The van der Waals surface area contributed by atoms with Crippen molar-refractivity contribution >= 4 is 0 Å². The number of rotatable bonds is 4. The summed E-state index contributed by atoms with van der Waals surface area (Å²) in [6.07, 6.45) is 14.0. The Labute approximate surface area is 162 Å². The van der Waals surface area contributed by atoms with Crippen LogP contribution in [0, 0.1) is 17.4 Å². The Kier molecular flexibility index (Phi) is 10.8. The van der Waals surface area contributed by atoms with E-state index in [2.05, 4.69) is 58.9 Å². The van der Waals surface area contributed by atoms with Gasteiger partial charge in [0, 0.05) is 0 Å². The fourth-order valence-electron chi connectivity index (χ4n) is 2.89. The Morgan fingerprint density at radius 1 is 1.24 bits per heavy atom. The molecule has 0 saturated carbocycles. The molecule has 0 bridgehead atoms. The van der Waals surface area contributed by atoms with Crippen LogP contribution in [0.3, 0.4) is 0 Å². The average Bonchev–Trinajstić information content (AvgIpc) is 2.90. The van der Waals surface area contributed by atoms with E-state index < -0.39 is 0 Å². The molecule has 0 nitrogen and oxygen atoms in total. The van der Waals surface area contributed by atoms with Crippen LogP contribution in [0.25, 0.3) is 0 Å². The fraction of sp³-hybridized carbons (Fsp3) is 0.556. The van der Waals surface area contributed by atoms with Gasteiger partial charge in [0.2, 0.25) is 0 Å². The SMILES string of the molecule is CC1=C(C)C(C)(C)[C-]=C1CCC(C)C1=CC=CC1.[Cl-].[Cl-].[Zr+3]. The molecule has 0 fully saturated rings. The molecule has 21 heavy (non-hydrogen) atoms. The molecule has 2 aliphatic rings. The Morgan fingerprint density at radius 2 is 1.86 bits per heavy atom. The largest absolute Gasteiger partial charge is 3.00 e. The summed E-state index contributed by atoms with van der Waals surface area (Å²) in [5.74, 6) is 0.700. The molecule has 1 radical (unpaired) electrons. The molecule has 0 aromatic heterocycles. The van der Waals surface area contributed by atoms with Crippen molar-refractivity contribution in [1.82, 2.24) is 0 Å². The minimum Gasteiger partial charge on any atom is -1.00 e. The standard InChI is InChI=1S/C18H25.2ClH.Zr/c1-13(16-8-6-7-9-16)10-11-17-12-18(4,5)15(3)14(17)2;;;/h6-8,13H,9-11H2,1-5H3;2*1H;/q-1;;;+3/p-2. The molecular weight excluding hydrogens is 378 g/mol. The van der Waals surface area contributed by atoms with Gasteiger partial charge in [0.1, 0.15) is 0 Å². The minimum atomic E-state index is 0. The predicted octanol–water partition coefficient (Wildman–Crippen LogP) is -0.600. The van der Waals surface area contributed by atoms with Crippen molar-refractivity contribution in [2.24, 2.45) is 11.3 Å². The van der Waals surface area contributed by atoms with Gasteiger partial charge in [-0.15, -0.1) is 6.92 Å².